The molecule has 4 heteroatoms. The van der Waals surface area contributed by atoms with Gasteiger partial charge in [-0.25, -0.2) is 4.98 Å². The second kappa shape index (κ2) is 5.21. The van der Waals surface area contributed by atoms with E-state index in [-0.39, 0.29) is 0 Å². The quantitative estimate of drug-likeness (QED) is 0.914. The Morgan fingerprint density at radius 3 is 3.11 bits per heavy atom. The molecule has 4 nitrogen and oxygen atoms in total. The van der Waals surface area contributed by atoms with Gasteiger partial charge >= 0.3 is 0 Å². The van der Waals surface area contributed by atoms with Crippen LogP contribution >= 0.6 is 0 Å². The van der Waals surface area contributed by atoms with E-state index in [0.717, 1.165) is 23.9 Å². The number of nitrogens with one attached hydrogen (secondary N) is 1. The fourth-order valence-electron chi connectivity index (χ4n) is 2.84. The van der Waals surface area contributed by atoms with Gasteiger partial charge in [-0.1, -0.05) is 6.07 Å². The van der Waals surface area contributed by atoms with E-state index >= 15 is 0 Å². The Labute approximate surface area is 114 Å². The predicted octanol–water partition coefficient (Wildman–Crippen LogP) is 2.48. The zero-order valence-corrected chi connectivity index (χ0v) is 11.7. The van der Waals surface area contributed by atoms with Crippen molar-refractivity contribution in [3.63, 3.8) is 0 Å². The lowest BCUT2D eigenvalue weighted by molar-refractivity contribution is 0.266. The van der Waals surface area contributed by atoms with E-state index in [9.17, 15) is 0 Å². The van der Waals surface area contributed by atoms with Crippen LogP contribution < -0.4 is 5.32 Å². The number of anilines is 1. The highest BCUT2D eigenvalue weighted by Crippen LogP contribution is 2.19. The van der Waals surface area contributed by atoms with E-state index in [4.69, 9.17) is 0 Å². The highest BCUT2D eigenvalue weighted by atomic mass is 15.2. The monoisotopic (exact) mass is 258 g/mol. The molecule has 2 aromatic rings. The van der Waals surface area contributed by atoms with E-state index in [2.05, 4.69) is 45.6 Å². The summed E-state index contributed by atoms with van der Waals surface area (Å²) in [6, 6.07) is 6.87. The molecule has 1 atom stereocenters. The molecule has 1 aliphatic rings. The van der Waals surface area contributed by atoms with Crippen molar-refractivity contribution in [3.05, 3.63) is 30.6 Å². The van der Waals surface area contributed by atoms with Crippen LogP contribution in [0, 0.1) is 5.92 Å². The van der Waals surface area contributed by atoms with Crippen LogP contribution in [0.3, 0.4) is 0 Å². The molecular weight excluding hydrogens is 236 g/mol. The van der Waals surface area contributed by atoms with Gasteiger partial charge < -0.3 is 10.2 Å². The van der Waals surface area contributed by atoms with Crippen LogP contribution in [-0.4, -0.2) is 40.0 Å². The Morgan fingerprint density at radius 2 is 2.32 bits per heavy atom. The zero-order chi connectivity index (χ0) is 13.2. The van der Waals surface area contributed by atoms with Crippen molar-refractivity contribution in [2.45, 2.75) is 26.3 Å². The average Bonchev–Trinajstić information content (AvgIpc) is 3.05. The minimum Gasteiger partial charge on any atom is -0.371 e. The first kappa shape index (κ1) is 12.5. The summed E-state index contributed by atoms with van der Waals surface area (Å²) in [5.41, 5.74) is 1.00. The van der Waals surface area contributed by atoms with Gasteiger partial charge in [0.1, 0.15) is 11.5 Å². The molecule has 2 aromatic heterocycles. The van der Waals surface area contributed by atoms with Crippen LogP contribution in [-0.2, 0) is 0 Å². The molecule has 1 fully saturated rings. The SMILES string of the molecule is CC(C)N1CCC(CNc2cccc3nccn23)C1. The summed E-state index contributed by atoms with van der Waals surface area (Å²) in [5, 5.41) is 3.57. The van der Waals surface area contributed by atoms with Gasteiger partial charge in [0.05, 0.1) is 0 Å². The molecule has 0 aromatic carbocycles. The van der Waals surface area contributed by atoms with Crippen LogP contribution in [0.15, 0.2) is 30.6 Å². The number of aromatic nitrogens is 2. The number of nitrogens with zero attached hydrogens (tertiary/aromatic N) is 3. The van der Waals surface area contributed by atoms with Gasteiger partial charge in [0.25, 0.3) is 0 Å². The van der Waals surface area contributed by atoms with E-state index in [1.807, 2.05) is 18.5 Å². The Hall–Kier alpha value is -1.55. The number of fused-ring (bicyclic) bond motifs is 1. The minimum absolute atomic E-state index is 0.669. The maximum absolute atomic E-state index is 4.31. The number of pyridine rings is 1. The van der Waals surface area contributed by atoms with Crippen molar-refractivity contribution >= 4 is 11.5 Å². The molecule has 102 valence electrons. The molecule has 0 amide bonds. The average molecular weight is 258 g/mol. The maximum Gasteiger partial charge on any atom is 0.138 e. The fraction of sp³-hybridized carbons (Fsp3) is 0.533. The molecule has 0 spiro atoms. The predicted molar refractivity (Wildman–Crippen MR) is 78.5 cm³/mol. The summed E-state index contributed by atoms with van der Waals surface area (Å²) in [6.45, 7) is 8.05. The van der Waals surface area contributed by atoms with Gasteiger partial charge in [0, 0.05) is 31.5 Å². The largest absolute Gasteiger partial charge is 0.371 e. The summed E-state index contributed by atoms with van der Waals surface area (Å²) in [7, 11) is 0. The Bertz CT molecular complexity index is 546. The third kappa shape index (κ3) is 2.59. The fourth-order valence-corrected chi connectivity index (χ4v) is 2.84. The third-order valence-electron chi connectivity index (χ3n) is 4.05. The highest BCUT2D eigenvalue weighted by molar-refractivity contribution is 5.49. The van der Waals surface area contributed by atoms with E-state index in [0.29, 0.717) is 6.04 Å². The molecule has 0 radical (unpaired) electrons. The van der Waals surface area contributed by atoms with Gasteiger partial charge in [-0.05, 0) is 44.9 Å². The van der Waals surface area contributed by atoms with E-state index in [1.165, 1.54) is 19.5 Å². The summed E-state index contributed by atoms with van der Waals surface area (Å²) in [6.07, 6.45) is 5.15. The molecule has 0 bridgehead atoms. The second-order valence-electron chi connectivity index (χ2n) is 5.69. The highest BCUT2D eigenvalue weighted by Gasteiger charge is 2.23. The van der Waals surface area contributed by atoms with Crippen molar-refractivity contribution in [1.82, 2.24) is 14.3 Å². The van der Waals surface area contributed by atoms with Crippen molar-refractivity contribution in [2.75, 3.05) is 25.0 Å². The molecule has 3 rings (SSSR count). The van der Waals surface area contributed by atoms with Crippen LogP contribution in [0.4, 0.5) is 5.82 Å². The van der Waals surface area contributed by atoms with Crippen molar-refractivity contribution in [1.29, 1.82) is 0 Å². The van der Waals surface area contributed by atoms with Gasteiger partial charge in [-0.3, -0.25) is 4.40 Å². The van der Waals surface area contributed by atoms with E-state index < -0.39 is 0 Å². The first-order chi connectivity index (χ1) is 9.24. The molecule has 1 aliphatic heterocycles. The number of imidazole rings is 1. The Balaban J connectivity index is 1.62. The number of rotatable bonds is 4. The van der Waals surface area contributed by atoms with E-state index in [1.54, 1.807) is 0 Å². The molecule has 3 heterocycles. The van der Waals surface area contributed by atoms with Gasteiger partial charge in [-0.2, -0.15) is 0 Å². The van der Waals surface area contributed by atoms with Gasteiger partial charge in [-0.15, -0.1) is 0 Å². The van der Waals surface area contributed by atoms with Crippen molar-refractivity contribution in [3.8, 4) is 0 Å². The van der Waals surface area contributed by atoms with Gasteiger partial charge in [0.15, 0.2) is 0 Å². The first-order valence-corrected chi connectivity index (χ1v) is 7.14. The van der Waals surface area contributed by atoms with Crippen LogP contribution in [0.5, 0.6) is 0 Å². The smallest absolute Gasteiger partial charge is 0.138 e. The maximum atomic E-state index is 4.31. The standard InChI is InChI=1S/C15H22N4/c1-12(2)18-8-6-13(11-18)10-17-15-5-3-4-14-16-7-9-19(14)15/h3-5,7,9,12-13,17H,6,8,10-11H2,1-2H3. The number of hydrogen-bond acceptors (Lipinski definition) is 3. The van der Waals surface area contributed by atoms with Crippen molar-refractivity contribution < 1.29 is 0 Å². The second-order valence-corrected chi connectivity index (χ2v) is 5.69. The summed E-state index contributed by atoms with van der Waals surface area (Å²) in [5.74, 6) is 1.89. The van der Waals surface area contributed by atoms with Crippen LogP contribution in [0.2, 0.25) is 0 Å². The Kier molecular flexibility index (Phi) is 3.42. The normalized spacial score (nSPS) is 20.5. The molecule has 1 unspecified atom stereocenters. The zero-order valence-electron chi connectivity index (χ0n) is 11.7. The number of likely N-dealkylation sites (tertiary alicyclic amines) is 1. The molecule has 0 saturated carbocycles. The topological polar surface area (TPSA) is 32.6 Å². The first-order valence-electron chi connectivity index (χ1n) is 7.14. The van der Waals surface area contributed by atoms with Gasteiger partial charge in [0.2, 0.25) is 0 Å². The summed E-state index contributed by atoms with van der Waals surface area (Å²) >= 11 is 0. The lowest BCUT2D eigenvalue weighted by atomic mass is 10.1. The van der Waals surface area contributed by atoms with Crippen LogP contribution in [0.25, 0.3) is 5.65 Å². The number of hydrogen-bond donors (Lipinski definition) is 1. The summed E-state index contributed by atoms with van der Waals surface area (Å²) in [4.78, 5) is 6.87. The Morgan fingerprint density at radius 1 is 1.42 bits per heavy atom. The lowest BCUT2D eigenvalue weighted by Crippen LogP contribution is -2.29. The molecule has 0 aliphatic carbocycles. The molecule has 1 N–H and O–H groups in total. The van der Waals surface area contributed by atoms with Crippen molar-refractivity contribution in [2.24, 2.45) is 5.92 Å². The van der Waals surface area contributed by atoms with Crippen LogP contribution in [0.1, 0.15) is 20.3 Å². The third-order valence-corrected chi connectivity index (χ3v) is 4.05. The molecule has 1 saturated heterocycles. The molecular formula is C15H22N4. The minimum atomic E-state index is 0.669. The molecule has 19 heavy (non-hydrogen) atoms. The lowest BCUT2D eigenvalue weighted by Gasteiger charge is -2.20. The summed E-state index contributed by atoms with van der Waals surface area (Å²) < 4.78 is 2.11.